The molecule has 1 aliphatic rings. The molecular weight excluding hydrogens is 1220 g/mol. The molecule has 5 atom stereocenters. The second-order valence-electron chi connectivity index (χ2n) is 19.4. The third kappa shape index (κ3) is 14.7. The van der Waals surface area contributed by atoms with Crippen molar-refractivity contribution >= 4 is 121 Å². The smallest absolute Gasteiger partial charge is 0.307 e. The number of aliphatic hydroxyl groups excluding tert-OH is 1. The van der Waals surface area contributed by atoms with Gasteiger partial charge in [-0.15, -0.1) is 68.0 Å². The number of ether oxygens (including phenoxy) is 1. The summed E-state index contributed by atoms with van der Waals surface area (Å²) in [6, 6.07) is 9.20. The largest absolute Gasteiger partial charge is 0.481 e. The molecule has 0 spiro atoms. The fraction of sp³-hybridized carbons (Fsp3) is 0.315. The highest BCUT2D eigenvalue weighted by Gasteiger charge is 2.33. The molecule has 1 aromatic carbocycles. The number of carboxylic acids is 2. The molecule has 8 aromatic rings. The second kappa shape index (κ2) is 27.2. The SMILES string of the molecule is CNC(=O)C[C@@H]1NC(=O)c2csc(n2)-c2ccc(-c3nc(NC(=O)CC[C@H](CC(=O)O)C(=O)O)cs3)nc2-c2csc(n2)-c2csc(n2)[C@H]([C@@H](O)c2ccccc2)NC(=O)CNC(=O)c2nc(sc2COC)C(C(C)C)NC(=O)c2nc1sc2C. The number of pyridine rings is 1. The number of aryl methyl sites for hydroxylation is 1. The van der Waals surface area contributed by atoms with Gasteiger partial charge in [0.2, 0.25) is 17.7 Å². The standard InChI is InChI=1S/C54H53N13O12S6/c1-23(2)39-53-67-42(33(85-53)18-79-5)46(75)56-17-37(70)64-43(44(73)25-9-7-6-8-10-25)52-61-32(21-82-52)50-59-30(19-81-50)41-27(12-13-28(57-41)49-63-34(22-83-49)62-35(68)14-11-26(54(77)78)15-38(71)72)48-60-31(20-80-48)45(74)58-29(16-36(69)55-4)51-66-40(24(3)84-51)47(76)65-39/h6-10,12-13,19-23,26,29,39,43-44,73H,11,14-18H2,1-5H3,(H,55,69)(H,56,75)(H,58,74)(H,62,68)(H,64,70)(H,65,76)(H,71,72)(H,77,78)/t26-,29+,39?,43+,44+/m1/s1. The molecule has 1 unspecified atom stereocenters. The summed E-state index contributed by atoms with van der Waals surface area (Å²) in [5.74, 6) is -7.59. The van der Waals surface area contributed by atoms with Crippen LogP contribution in [-0.2, 0) is 35.3 Å². The minimum absolute atomic E-state index is 0.0116. The van der Waals surface area contributed by atoms with Crippen molar-refractivity contribution < 1.29 is 58.4 Å². The average molecular weight is 1270 g/mol. The molecule has 31 heteroatoms. The Bertz CT molecular complexity index is 3820. The van der Waals surface area contributed by atoms with E-state index in [1.165, 1.54) is 25.5 Å². The van der Waals surface area contributed by atoms with E-state index < -0.39 is 90.5 Å². The number of thiazole rings is 6. The van der Waals surface area contributed by atoms with Gasteiger partial charge in [-0.2, -0.15) is 0 Å². The van der Waals surface area contributed by atoms with E-state index in [-0.39, 0.29) is 59.7 Å². The van der Waals surface area contributed by atoms with E-state index in [1.54, 1.807) is 70.9 Å². The van der Waals surface area contributed by atoms with Gasteiger partial charge in [0.15, 0.2) is 0 Å². The molecule has 442 valence electrons. The fourth-order valence-corrected chi connectivity index (χ4v) is 14.2. The number of nitrogens with zero attached hydrogens (tertiary/aromatic N) is 7. The molecule has 0 fully saturated rings. The Morgan fingerprint density at radius 2 is 1.40 bits per heavy atom. The zero-order chi connectivity index (χ0) is 60.6. The predicted molar refractivity (Wildman–Crippen MR) is 318 cm³/mol. The van der Waals surface area contributed by atoms with E-state index in [9.17, 15) is 48.6 Å². The summed E-state index contributed by atoms with van der Waals surface area (Å²) in [6.45, 7) is 4.88. The van der Waals surface area contributed by atoms with E-state index in [1.807, 2.05) is 13.8 Å². The lowest BCUT2D eigenvalue weighted by Crippen LogP contribution is -2.40. The number of nitrogens with one attached hydrogen (secondary N) is 6. The minimum Gasteiger partial charge on any atom is -0.481 e. The van der Waals surface area contributed by atoms with E-state index >= 15 is 0 Å². The first-order valence-electron chi connectivity index (χ1n) is 25.9. The molecule has 0 aliphatic carbocycles. The van der Waals surface area contributed by atoms with Crippen LogP contribution in [0.3, 0.4) is 0 Å². The van der Waals surface area contributed by atoms with Crippen molar-refractivity contribution in [3.05, 3.63) is 111 Å². The summed E-state index contributed by atoms with van der Waals surface area (Å²) >= 11 is 6.94. The third-order valence-electron chi connectivity index (χ3n) is 13.0. The number of aromatic nitrogens is 7. The molecule has 7 aromatic heterocycles. The van der Waals surface area contributed by atoms with Gasteiger partial charge in [0.1, 0.15) is 82.2 Å². The molecule has 0 radical (unpaired) electrons. The number of benzene rings is 1. The maximum absolute atomic E-state index is 14.3. The van der Waals surface area contributed by atoms with Gasteiger partial charge in [-0.1, -0.05) is 44.2 Å². The summed E-state index contributed by atoms with van der Waals surface area (Å²) in [5, 5.41) is 55.8. The normalized spacial score (nSPS) is 16.5. The molecule has 0 saturated carbocycles. The minimum atomic E-state index is -1.33. The number of amides is 6. The number of methoxy groups -OCH3 is 1. The van der Waals surface area contributed by atoms with Crippen molar-refractivity contribution in [1.82, 2.24) is 61.5 Å². The van der Waals surface area contributed by atoms with Gasteiger partial charge in [0.05, 0.1) is 54.6 Å². The first-order chi connectivity index (χ1) is 40.8. The first-order valence-corrected chi connectivity index (χ1v) is 31.1. The van der Waals surface area contributed by atoms with Gasteiger partial charge in [0.25, 0.3) is 17.7 Å². The Morgan fingerprint density at radius 1 is 0.694 bits per heavy atom. The van der Waals surface area contributed by atoms with Gasteiger partial charge in [0, 0.05) is 52.5 Å². The number of aliphatic carboxylic acids is 2. The van der Waals surface area contributed by atoms with Crippen LogP contribution in [0.5, 0.6) is 0 Å². The predicted octanol–water partition coefficient (Wildman–Crippen LogP) is 7.21. The number of hydrogen-bond acceptors (Lipinski definition) is 23. The Labute approximate surface area is 507 Å². The highest BCUT2D eigenvalue weighted by atomic mass is 32.1. The molecule has 9 N–H and O–H groups in total. The van der Waals surface area contributed by atoms with Gasteiger partial charge in [-0.25, -0.2) is 34.9 Å². The third-order valence-corrected chi connectivity index (χ3v) is 18.7. The Balaban J connectivity index is 1.10. The molecule has 25 nitrogen and oxygen atoms in total. The highest BCUT2D eigenvalue weighted by Crippen LogP contribution is 2.40. The summed E-state index contributed by atoms with van der Waals surface area (Å²) < 4.78 is 5.44. The van der Waals surface area contributed by atoms with Crippen molar-refractivity contribution in [1.29, 1.82) is 0 Å². The Kier molecular flexibility index (Phi) is 19.7. The molecule has 9 rings (SSSR count). The van der Waals surface area contributed by atoms with E-state index in [2.05, 4.69) is 46.9 Å². The van der Waals surface area contributed by atoms with Gasteiger partial charge >= 0.3 is 11.9 Å². The van der Waals surface area contributed by atoms with Gasteiger partial charge in [-0.05, 0) is 37.0 Å². The van der Waals surface area contributed by atoms with Crippen molar-refractivity contribution in [3.63, 3.8) is 0 Å². The maximum Gasteiger partial charge on any atom is 0.307 e. The van der Waals surface area contributed by atoms with Crippen LogP contribution in [0, 0.1) is 18.8 Å². The van der Waals surface area contributed by atoms with Crippen molar-refractivity contribution in [2.75, 3.05) is 26.0 Å². The lowest BCUT2D eigenvalue weighted by molar-refractivity contribution is -0.148. The van der Waals surface area contributed by atoms with Crippen molar-refractivity contribution in [3.8, 4) is 43.4 Å². The summed E-state index contributed by atoms with van der Waals surface area (Å²) in [6.07, 6.45) is -2.68. The van der Waals surface area contributed by atoms with E-state index in [0.717, 1.165) is 56.7 Å². The zero-order valence-electron chi connectivity index (χ0n) is 45.7. The van der Waals surface area contributed by atoms with E-state index in [0.29, 0.717) is 68.7 Å². The average Bonchev–Trinajstić information content (AvgIpc) is 3.50. The van der Waals surface area contributed by atoms with Crippen molar-refractivity contribution in [2.24, 2.45) is 11.8 Å². The second-order valence-corrected chi connectivity index (χ2v) is 25.2. The molecule has 10 bridgehead atoms. The molecular formula is C54H53N13O12S6. The van der Waals surface area contributed by atoms with Crippen LogP contribution in [0.15, 0.2) is 64.0 Å². The molecule has 8 heterocycles. The van der Waals surface area contributed by atoms with Crippen LogP contribution < -0.4 is 31.9 Å². The van der Waals surface area contributed by atoms with Crippen LogP contribution >= 0.6 is 68.0 Å². The Morgan fingerprint density at radius 3 is 2.13 bits per heavy atom. The number of carbonyl (C=O) groups excluding carboxylic acids is 6. The van der Waals surface area contributed by atoms with Crippen molar-refractivity contribution in [2.45, 2.75) is 77.3 Å². The first kappa shape index (κ1) is 61.4. The molecule has 6 amide bonds. The molecule has 85 heavy (non-hydrogen) atoms. The zero-order valence-corrected chi connectivity index (χ0v) is 50.6. The number of anilines is 1. The van der Waals surface area contributed by atoms with Gasteiger partial charge < -0.3 is 52.0 Å². The summed E-state index contributed by atoms with van der Waals surface area (Å²) in [5.41, 5.74) is 2.33. The maximum atomic E-state index is 14.3. The van der Waals surface area contributed by atoms with Crippen LogP contribution in [0.1, 0.15) is 126 Å². The van der Waals surface area contributed by atoms with Crippen LogP contribution in [0.2, 0.25) is 0 Å². The lowest BCUT2D eigenvalue weighted by atomic mass is 9.99. The van der Waals surface area contributed by atoms with Crippen LogP contribution in [0.4, 0.5) is 5.82 Å². The summed E-state index contributed by atoms with van der Waals surface area (Å²) in [4.78, 5) is 140. The number of aliphatic hydroxyl groups is 1. The van der Waals surface area contributed by atoms with Gasteiger partial charge in [-0.3, -0.25) is 38.4 Å². The topological polar surface area (TPSA) is 369 Å². The Hall–Kier alpha value is -8.17. The van der Waals surface area contributed by atoms with E-state index in [4.69, 9.17) is 29.8 Å². The summed E-state index contributed by atoms with van der Waals surface area (Å²) in [7, 11) is 2.91. The monoisotopic (exact) mass is 1270 g/mol. The number of carboxylic acid groups (broad SMARTS) is 2. The molecule has 0 saturated heterocycles. The fourth-order valence-electron chi connectivity index (χ4n) is 8.68. The lowest BCUT2D eigenvalue weighted by Gasteiger charge is -2.23. The highest BCUT2D eigenvalue weighted by molar-refractivity contribution is 7.15. The number of hydrogen-bond donors (Lipinski definition) is 9. The quantitative estimate of drug-likeness (QED) is 0.0489. The van der Waals surface area contributed by atoms with Crippen LogP contribution in [-0.4, -0.2) is 118 Å². The van der Waals surface area contributed by atoms with Crippen LogP contribution in [0.25, 0.3) is 43.4 Å². The number of rotatable bonds is 15. The number of carbonyl (C=O) groups is 8. The molecule has 1 aliphatic heterocycles. The number of fused-ring (bicyclic) bond motifs is 14.